The van der Waals surface area contributed by atoms with Crippen LogP contribution in [0.4, 0.5) is 0 Å². The van der Waals surface area contributed by atoms with Crippen LogP contribution in [0, 0.1) is 0 Å². The first kappa shape index (κ1) is 19.7. The van der Waals surface area contributed by atoms with Gasteiger partial charge in [-0.25, -0.2) is 9.98 Å². The molecule has 3 heterocycles. The lowest BCUT2D eigenvalue weighted by molar-refractivity contribution is -0.0688. The van der Waals surface area contributed by atoms with Crippen LogP contribution in [0.25, 0.3) is 0 Å². The van der Waals surface area contributed by atoms with E-state index in [9.17, 15) is 20.4 Å². The van der Waals surface area contributed by atoms with Crippen molar-refractivity contribution in [3.63, 3.8) is 0 Å². The molecule has 3 aliphatic rings. The maximum Gasteiger partial charge on any atom is 0.162 e. The topological polar surface area (TPSA) is 166 Å². The van der Waals surface area contributed by atoms with E-state index in [0.717, 1.165) is 0 Å². The van der Waals surface area contributed by atoms with Gasteiger partial charge in [0.15, 0.2) is 29.2 Å². The largest absolute Gasteiger partial charge is 0.504 e. The number of phenols is 1. The number of nitrogens with zero attached hydrogens (tertiary/aromatic N) is 4. The number of aromatic hydroxyl groups is 1. The number of hydrogen-bond donors (Lipinski definition) is 5. The fourth-order valence-electron chi connectivity index (χ4n) is 3.77. The highest BCUT2D eigenvalue weighted by atomic mass is 16.6. The van der Waals surface area contributed by atoms with Crippen LogP contribution in [0.15, 0.2) is 33.2 Å². The fourth-order valence-corrected chi connectivity index (χ4v) is 3.77. The predicted molar refractivity (Wildman–Crippen MR) is 103 cm³/mol. The summed E-state index contributed by atoms with van der Waals surface area (Å²) in [6, 6.07) is 5.09. The van der Waals surface area contributed by atoms with E-state index in [2.05, 4.69) is 15.0 Å². The van der Waals surface area contributed by atoms with Gasteiger partial charge in [-0.1, -0.05) is 12.1 Å². The first-order valence-corrected chi connectivity index (χ1v) is 9.09. The first-order valence-electron chi connectivity index (χ1n) is 9.09. The lowest BCUT2D eigenvalue weighted by atomic mass is 9.93. The maximum absolute atomic E-state index is 10.4. The second-order valence-corrected chi connectivity index (χ2v) is 7.11. The first-order chi connectivity index (χ1) is 13.9. The summed E-state index contributed by atoms with van der Waals surface area (Å²) in [4.78, 5) is 14.5. The van der Waals surface area contributed by atoms with E-state index in [1.165, 1.54) is 13.4 Å². The number of hydrogen-bond acceptors (Lipinski definition) is 11. The molecule has 1 fully saturated rings. The molecular weight excluding hydrogens is 382 g/mol. The number of aliphatic imine (C=N–C) groups is 3. The van der Waals surface area contributed by atoms with E-state index < -0.39 is 36.8 Å². The van der Waals surface area contributed by atoms with Gasteiger partial charge in [-0.2, -0.15) is 0 Å². The molecule has 0 bridgehead atoms. The molecule has 6 N–H and O–H groups in total. The molecule has 1 aromatic carbocycles. The smallest absolute Gasteiger partial charge is 0.162 e. The second kappa shape index (κ2) is 7.35. The molecule has 5 atom stereocenters. The molecule has 0 spiro atoms. The van der Waals surface area contributed by atoms with Crippen molar-refractivity contribution in [1.29, 1.82) is 0 Å². The third kappa shape index (κ3) is 3.16. The van der Waals surface area contributed by atoms with Gasteiger partial charge in [-0.3, -0.25) is 4.99 Å². The van der Waals surface area contributed by atoms with Gasteiger partial charge in [0, 0.05) is 12.0 Å². The summed E-state index contributed by atoms with van der Waals surface area (Å²) in [5, 5.41) is 40.1. The van der Waals surface area contributed by atoms with Crippen LogP contribution in [0.1, 0.15) is 5.56 Å². The molecule has 156 valence electrons. The van der Waals surface area contributed by atoms with Crippen LogP contribution >= 0.6 is 0 Å². The normalized spacial score (nSPS) is 33.5. The van der Waals surface area contributed by atoms with Crippen molar-refractivity contribution >= 4 is 17.9 Å². The number of ether oxygens (including phenoxy) is 2. The summed E-state index contributed by atoms with van der Waals surface area (Å²) in [5.41, 5.74) is 6.14. The molecule has 3 aliphatic heterocycles. The molecule has 1 unspecified atom stereocenters. The zero-order valence-electron chi connectivity index (χ0n) is 15.7. The number of benzene rings is 1. The SMILES string of the molecule is COc1cccc(CC2(N)N=CN=C3C2=NCN3[C@@H]2O[C@H](CO)[C@@H](O)[C@H]2O)c1O. The summed E-state index contributed by atoms with van der Waals surface area (Å²) in [5.74, 6) is 0.652. The van der Waals surface area contributed by atoms with Gasteiger partial charge < -0.3 is 40.5 Å². The summed E-state index contributed by atoms with van der Waals surface area (Å²) < 4.78 is 10.7. The van der Waals surface area contributed by atoms with Gasteiger partial charge in [0.1, 0.15) is 37.0 Å². The third-order valence-corrected chi connectivity index (χ3v) is 5.33. The third-order valence-electron chi connectivity index (χ3n) is 5.33. The van der Waals surface area contributed by atoms with Crippen molar-refractivity contribution in [3.8, 4) is 11.5 Å². The number of phenolic OH excluding ortho intramolecular Hbond substituents is 1. The van der Waals surface area contributed by atoms with E-state index >= 15 is 0 Å². The number of amidine groups is 1. The van der Waals surface area contributed by atoms with Crippen LogP contribution in [0.3, 0.4) is 0 Å². The lowest BCUT2D eigenvalue weighted by Crippen LogP contribution is -2.56. The minimum atomic E-state index is -1.30. The van der Waals surface area contributed by atoms with E-state index in [1.54, 1.807) is 23.1 Å². The molecule has 1 aromatic rings. The van der Waals surface area contributed by atoms with Crippen molar-refractivity contribution in [2.75, 3.05) is 20.4 Å². The number of aliphatic hydroxyl groups excluding tert-OH is 3. The van der Waals surface area contributed by atoms with Crippen LogP contribution in [0.5, 0.6) is 11.5 Å². The molecule has 0 aromatic heterocycles. The Morgan fingerprint density at radius 2 is 2.14 bits per heavy atom. The zero-order chi connectivity index (χ0) is 20.8. The highest BCUT2D eigenvalue weighted by molar-refractivity contribution is 6.47. The van der Waals surface area contributed by atoms with E-state index in [4.69, 9.17) is 15.2 Å². The molecule has 4 rings (SSSR count). The van der Waals surface area contributed by atoms with Gasteiger partial charge in [-0.05, 0) is 6.07 Å². The number of para-hydroxylation sites is 1. The molecule has 0 radical (unpaired) electrons. The quantitative estimate of drug-likeness (QED) is 0.382. The summed E-state index contributed by atoms with van der Waals surface area (Å²) in [6.07, 6.45) is -2.91. The van der Waals surface area contributed by atoms with Crippen LogP contribution in [-0.4, -0.2) is 93.8 Å². The fraction of sp³-hybridized carbons (Fsp3) is 0.500. The predicted octanol–water partition coefficient (Wildman–Crippen LogP) is -1.81. The molecule has 11 nitrogen and oxygen atoms in total. The molecule has 29 heavy (non-hydrogen) atoms. The molecule has 0 amide bonds. The number of fused-ring (bicyclic) bond motifs is 1. The van der Waals surface area contributed by atoms with Crippen molar-refractivity contribution in [2.24, 2.45) is 20.7 Å². The Morgan fingerprint density at radius 3 is 2.83 bits per heavy atom. The number of methoxy groups -OCH3 is 1. The van der Waals surface area contributed by atoms with E-state index in [1.807, 2.05) is 0 Å². The Kier molecular flexibility index (Phi) is 5.00. The lowest BCUT2D eigenvalue weighted by Gasteiger charge is -2.32. The van der Waals surface area contributed by atoms with E-state index in [-0.39, 0.29) is 18.8 Å². The molecule has 11 heteroatoms. The van der Waals surface area contributed by atoms with Gasteiger partial charge in [-0.15, -0.1) is 0 Å². The monoisotopic (exact) mass is 405 g/mol. The minimum Gasteiger partial charge on any atom is -0.504 e. The molecule has 0 aliphatic carbocycles. The zero-order valence-corrected chi connectivity index (χ0v) is 15.7. The molecule has 1 saturated heterocycles. The Hall–Kier alpha value is -2.57. The number of rotatable bonds is 5. The van der Waals surface area contributed by atoms with Crippen molar-refractivity contribution in [3.05, 3.63) is 23.8 Å². The second-order valence-electron chi connectivity index (χ2n) is 7.11. The van der Waals surface area contributed by atoms with Crippen molar-refractivity contribution < 1.29 is 29.9 Å². The Labute approximate surface area is 166 Å². The molecule has 0 saturated carbocycles. The van der Waals surface area contributed by atoms with Crippen molar-refractivity contribution in [2.45, 2.75) is 36.6 Å². The number of aliphatic hydroxyl groups is 3. The highest BCUT2D eigenvalue weighted by Crippen LogP contribution is 2.34. The van der Waals surface area contributed by atoms with Gasteiger partial charge in [0.05, 0.1) is 13.7 Å². The van der Waals surface area contributed by atoms with Gasteiger partial charge in [0.25, 0.3) is 0 Å². The Balaban J connectivity index is 1.59. The summed E-state index contributed by atoms with van der Waals surface area (Å²) >= 11 is 0. The Morgan fingerprint density at radius 1 is 1.34 bits per heavy atom. The summed E-state index contributed by atoms with van der Waals surface area (Å²) in [7, 11) is 1.46. The standard InChI is InChI=1S/C18H23N5O6/c1-28-10-4-2-3-9(12(10)25)5-18(19)15-16(20-7-22-18)23(8-21-15)17-14(27)13(26)11(6-24)29-17/h2-4,7,11,13-14,17,24-27H,5-6,8,19H2,1H3/t11-,13-,14-,17-,18?/m1/s1. The average molecular weight is 405 g/mol. The average Bonchev–Trinajstić information content (AvgIpc) is 3.26. The minimum absolute atomic E-state index is 0.0296. The highest BCUT2D eigenvalue weighted by Gasteiger charge is 2.50. The summed E-state index contributed by atoms with van der Waals surface area (Å²) in [6.45, 7) is -0.340. The Bertz CT molecular complexity index is 889. The van der Waals surface area contributed by atoms with Crippen LogP contribution < -0.4 is 10.5 Å². The van der Waals surface area contributed by atoms with Gasteiger partial charge in [0.2, 0.25) is 0 Å². The van der Waals surface area contributed by atoms with Crippen LogP contribution in [-0.2, 0) is 11.2 Å². The van der Waals surface area contributed by atoms with E-state index in [0.29, 0.717) is 22.9 Å². The number of nitrogens with two attached hydrogens (primary N) is 1. The van der Waals surface area contributed by atoms with Crippen LogP contribution in [0.2, 0.25) is 0 Å². The maximum atomic E-state index is 10.4. The van der Waals surface area contributed by atoms with Gasteiger partial charge >= 0.3 is 0 Å². The molecular formula is C18H23N5O6. The van der Waals surface area contributed by atoms with Crippen molar-refractivity contribution in [1.82, 2.24) is 4.90 Å².